The van der Waals surface area contributed by atoms with Crippen molar-refractivity contribution in [3.8, 4) is 23.0 Å². The number of rotatable bonds is 38. The van der Waals surface area contributed by atoms with Gasteiger partial charge in [-0.15, -0.1) is 0 Å². The van der Waals surface area contributed by atoms with E-state index in [9.17, 15) is 0 Å². The Morgan fingerprint density at radius 3 is 1.03 bits per heavy atom. The standard InChI is InChI=1S/C65H98O6P2/c1-5-7-9-11-13-15-17-19-21-23-35-53-66-72(70-63-43-33-31-41-61(63)55-37-27-25-28-38-55)68-59-49-45-57(46-50-59)65(3,4)58-47-51-60(52-48-58)69-73(67-54-36-24-22-20-18-16-14-12-10-8-6-2)71-64-44-34-32-42-62(64)56-39-29-26-30-40-56/h31-34,41-52,55-56H,5-30,35-40,53-54H2,1-4H3. The summed E-state index contributed by atoms with van der Waals surface area (Å²) in [4.78, 5) is 0. The lowest BCUT2D eigenvalue weighted by Gasteiger charge is -2.27. The number of benzene rings is 4. The van der Waals surface area contributed by atoms with E-state index >= 15 is 0 Å². The lowest BCUT2D eigenvalue weighted by atomic mass is 9.78. The minimum atomic E-state index is -1.65. The second kappa shape index (κ2) is 35.2. The molecule has 4 aromatic rings. The highest BCUT2D eigenvalue weighted by molar-refractivity contribution is 7.42. The summed E-state index contributed by atoms with van der Waals surface area (Å²) in [6.07, 6.45) is 41.3. The first-order valence-corrected chi connectivity index (χ1v) is 32.1. The molecular formula is C65H98O6P2. The van der Waals surface area contributed by atoms with Crippen molar-refractivity contribution >= 4 is 17.2 Å². The molecule has 0 aliphatic heterocycles. The van der Waals surface area contributed by atoms with Crippen LogP contribution in [-0.4, -0.2) is 13.2 Å². The second-order valence-electron chi connectivity index (χ2n) is 22.0. The van der Waals surface area contributed by atoms with Crippen molar-refractivity contribution in [2.75, 3.05) is 13.2 Å². The van der Waals surface area contributed by atoms with Crippen LogP contribution in [0.4, 0.5) is 0 Å². The van der Waals surface area contributed by atoms with Crippen LogP contribution in [0.25, 0.3) is 0 Å². The molecule has 0 heterocycles. The summed E-state index contributed by atoms with van der Waals surface area (Å²) in [5.74, 6) is 4.38. The van der Waals surface area contributed by atoms with Crippen molar-refractivity contribution in [2.45, 2.75) is 250 Å². The third-order valence-electron chi connectivity index (χ3n) is 15.7. The summed E-state index contributed by atoms with van der Waals surface area (Å²) in [6.45, 7) is 10.4. The molecule has 0 radical (unpaired) electrons. The summed E-state index contributed by atoms with van der Waals surface area (Å²) in [5, 5.41) is 0. The van der Waals surface area contributed by atoms with Crippen LogP contribution in [0.15, 0.2) is 97.1 Å². The van der Waals surface area contributed by atoms with Crippen molar-refractivity contribution in [3.63, 3.8) is 0 Å². The van der Waals surface area contributed by atoms with E-state index in [1.807, 2.05) is 0 Å². The van der Waals surface area contributed by atoms with E-state index in [-0.39, 0.29) is 5.41 Å². The zero-order valence-electron chi connectivity index (χ0n) is 46.3. The Morgan fingerprint density at radius 2 is 0.685 bits per heavy atom. The molecule has 8 heteroatoms. The summed E-state index contributed by atoms with van der Waals surface area (Å²) < 4.78 is 39.7. The fourth-order valence-electron chi connectivity index (χ4n) is 10.9. The maximum absolute atomic E-state index is 6.73. The van der Waals surface area contributed by atoms with Crippen LogP contribution in [0.2, 0.25) is 0 Å². The lowest BCUT2D eigenvalue weighted by Crippen LogP contribution is -2.18. The largest absolute Gasteiger partial charge is 0.463 e. The van der Waals surface area contributed by atoms with Crippen LogP contribution >= 0.6 is 17.2 Å². The highest BCUT2D eigenvalue weighted by atomic mass is 31.2. The number of para-hydroxylation sites is 2. The van der Waals surface area contributed by atoms with E-state index in [2.05, 4.69) is 125 Å². The molecule has 2 unspecified atom stereocenters. The molecule has 6 nitrogen and oxygen atoms in total. The molecule has 2 saturated carbocycles. The molecule has 6 rings (SSSR count). The normalized spacial score (nSPS) is 15.5. The monoisotopic (exact) mass is 1040 g/mol. The molecule has 4 aromatic carbocycles. The minimum Gasteiger partial charge on any atom is -0.418 e. The van der Waals surface area contributed by atoms with Gasteiger partial charge in [-0.3, -0.25) is 9.05 Å². The van der Waals surface area contributed by atoms with Crippen LogP contribution < -0.4 is 18.1 Å². The van der Waals surface area contributed by atoms with E-state index in [1.165, 1.54) is 215 Å². The molecule has 0 N–H and O–H groups in total. The molecule has 0 aromatic heterocycles. The van der Waals surface area contributed by atoms with Crippen LogP contribution in [0.5, 0.6) is 23.0 Å². The predicted octanol–water partition coefficient (Wildman–Crippen LogP) is 22.1. The molecule has 0 spiro atoms. The average Bonchev–Trinajstić information content (AvgIpc) is 3.42. The van der Waals surface area contributed by atoms with Gasteiger partial charge in [0.2, 0.25) is 0 Å². The van der Waals surface area contributed by atoms with Crippen LogP contribution in [0.3, 0.4) is 0 Å². The molecule has 2 aliphatic rings. The number of hydrogen-bond donors (Lipinski definition) is 0. The van der Waals surface area contributed by atoms with Gasteiger partial charge in [0.25, 0.3) is 0 Å². The Labute approximate surface area is 448 Å². The lowest BCUT2D eigenvalue weighted by molar-refractivity contribution is 0.256. The van der Waals surface area contributed by atoms with Gasteiger partial charge in [0.1, 0.15) is 23.0 Å². The molecule has 73 heavy (non-hydrogen) atoms. The van der Waals surface area contributed by atoms with Gasteiger partial charge >= 0.3 is 17.2 Å². The first kappa shape index (κ1) is 59.1. The molecule has 0 amide bonds. The van der Waals surface area contributed by atoms with Gasteiger partial charge in [-0.05, 0) is 109 Å². The Morgan fingerprint density at radius 1 is 0.370 bits per heavy atom. The second-order valence-corrected chi connectivity index (χ2v) is 24.1. The fourth-order valence-corrected chi connectivity index (χ4v) is 13.0. The van der Waals surface area contributed by atoms with Crippen molar-refractivity contribution in [3.05, 3.63) is 119 Å². The van der Waals surface area contributed by atoms with Crippen molar-refractivity contribution < 1.29 is 27.1 Å². The molecule has 0 bridgehead atoms. The molecule has 404 valence electrons. The predicted molar refractivity (Wildman–Crippen MR) is 311 cm³/mol. The van der Waals surface area contributed by atoms with Crippen LogP contribution in [0.1, 0.15) is 267 Å². The third-order valence-corrected chi connectivity index (χ3v) is 17.9. The molecule has 2 aliphatic carbocycles. The smallest absolute Gasteiger partial charge is 0.418 e. The van der Waals surface area contributed by atoms with Gasteiger partial charge in [0.15, 0.2) is 0 Å². The zero-order valence-corrected chi connectivity index (χ0v) is 48.1. The van der Waals surface area contributed by atoms with Crippen LogP contribution in [-0.2, 0) is 14.5 Å². The third kappa shape index (κ3) is 21.8. The summed E-state index contributed by atoms with van der Waals surface area (Å²) in [5.41, 5.74) is 4.71. The SMILES string of the molecule is CCCCCCCCCCCCCOP(Oc1ccc(C(C)(C)c2ccc(OP(OCCCCCCCCCCCCC)Oc3ccccc3C3CCCCC3)cc2)cc1)Oc1ccccc1C1CCCCC1. The highest BCUT2D eigenvalue weighted by Crippen LogP contribution is 2.48. The van der Waals surface area contributed by atoms with E-state index in [1.54, 1.807) is 0 Å². The van der Waals surface area contributed by atoms with Gasteiger partial charge in [0.05, 0.1) is 13.2 Å². The average molecular weight is 1040 g/mol. The van der Waals surface area contributed by atoms with Gasteiger partial charge in [-0.1, -0.05) is 255 Å². The molecule has 2 atom stereocenters. The maximum atomic E-state index is 6.73. The summed E-state index contributed by atoms with van der Waals surface area (Å²) in [7, 11) is -3.30. The Hall–Kier alpha value is -3.14. The Kier molecular flexibility index (Phi) is 28.5. The topological polar surface area (TPSA) is 55.4 Å². The van der Waals surface area contributed by atoms with Gasteiger partial charge in [0, 0.05) is 5.41 Å². The molecular weight excluding hydrogens is 939 g/mol. The zero-order chi connectivity index (χ0) is 51.0. The van der Waals surface area contributed by atoms with E-state index in [4.69, 9.17) is 27.1 Å². The maximum Gasteiger partial charge on any atom is 0.463 e. The van der Waals surface area contributed by atoms with E-state index in [0.29, 0.717) is 25.0 Å². The quantitative estimate of drug-likeness (QED) is 0.0329. The molecule has 2 fully saturated rings. The van der Waals surface area contributed by atoms with Crippen molar-refractivity contribution in [1.82, 2.24) is 0 Å². The van der Waals surface area contributed by atoms with Gasteiger partial charge in [-0.25, -0.2) is 0 Å². The fraction of sp³-hybridized carbons (Fsp3) is 0.631. The number of hydrogen-bond acceptors (Lipinski definition) is 6. The highest BCUT2D eigenvalue weighted by Gasteiger charge is 2.28. The van der Waals surface area contributed by atoms with E-state index < -0.39 is 17.2 Å². The summed E-state index contributed by atoms with van der Waals surface area (Å²) in [6, 6.07) is 34.2. The van der Waals surface area contributed by atoms with E-state index in [0.717, 1.165) is 35.8 Å². The first-order chi connectivity index (χ1) is 35.9. The van der Waals surface area contributed by atoms with Crippen molar-refractivity contribution in [2.24, 2.45) is 0 Å². The first-order valence-electron chi connectivity index (χ1n) is 29.9. The minimum absolute atomic E-state index is 0.269. The van der Waals surface area contributed by atoms with Crippen LogP contribution in [0, 0.1) is 0 Å². The van der Waals surface area contributed by atoms with Gasteiger partial charge < -0.3 is 18.1 Å². The summed E-state index contributed by atoms with van der Waals surface area (Å²) >= 11 is 0. The Balaban J connectivity index is 1.05. The molecule has 0 saturated heterocycles. The number of unbranched alkanes of at least 4 members (excludes halogenated alkanes) is 20. The van der Waals surface area contributed by atoms with Gasteiger partial charge in [-0.2, -0.15) is 0 Å². The Bertz CT molecular complexity index is 1870. The van der Waals surface area contributed by atoms with Crippen molar-refractivity contribution in [1.29, 1.82) is 0 Å².